The van der Waals surface area contributed by atoms with Crippen molar-refractivity contribution < 1.29 is 5.11 Å². The van der Waals surface area contributed by atoms with Gasteiger partial charge in [-0.25, -0.2) is 0 Å². The summed E-state index contributed by atoms with van der Waals surface area (Å²) in [5.41, 5.74) is 1.11. The van der Waals surface area contributed by atoms with Gasteiger partial charge in [0, 0.05) is 22.3 Å². The van der Waals surface area contributed by atoms with Crippen molar-refractivity contribution in [3.63, 3.8) is 0 Å². The van der Waals surface area contributed by atoms with E-state index < -0.39 is 0 Å². The zero-order chi connectivity index (χ0) is 10.7. The lowest BCUT2D eigenvalue weighted by Gasteiger charge is -2.25. The van der Waals surface area contributed by atoms with Crippen molar-refractivity contribution in [3.8, 4) is 5.75 Å². The Bertz CT molecular complexity index is 340. The first-order chi connectivity index (χ1) is 7.31. The molecule has 0 spiro atoms. The van der Waals surface area contributed by atoms with Crippen molar-refractivity contribution >= 4 is 11.8 Å². The molecule has 1 unspecified atom stereocenters. The number of phenols is 1. The van der Waals surface area contributed by atoms with E-state index in [4.69, 9.17) is 0 Å². The second kappa shape index (κ2) is 4.90. The van der Waals surface area contributed by atoms with Crippen LogP contribution in [0.25, 0.3) is 0 Å². The molecule has 2 rings (SSSR count). The molecule has 0 bridgehead atoms. The molecule has 82 valence electrons. The van der Waals surface area contributed by atoms with Crippen LogP contribution in [0.4, 0.5) is 0 Å². The summed E-state index contributed by atoms with van der Waals surface area (Å²) >= 11 is 1.84. The number of thioether (sulfide) groups is 1. The lowest BCUT2D eigenvalue weighted by Crippen LogP contribution is -2.35. The van der Waals surface area contributed by atoms with Crippen LogP contribution in [-0.4, -0.2) is 23.4 Å². The smallest absolute Gasteiger partial charge is 0.119 e. The highest BCUT2D eigenvalue weighted by molar-refractivity contribution is 7.99. The number of aromatic hydroxyl groups is 1. The second-order valence-electron chi connectivity index (χ2n) is 3.92. The van der Waals surface area contributed by atoms with Crippen molar-refractivity contribution in [2.45, 2.75) is 30.7 Å². The average molecular weight is 223 g/mol. The summed E-state index contributed by atoms with van der Waals surface area (Å²) < 4.78 is 0. The molecular weight excluding hydrogens is 206 g/mol. The molecule has 2 N–H and O–H groups in total. The summed E-state index contributed by atoms with van der Waals surface area (Å²) in [6, 6.07) is 6.30. The molecule has 0 saturated carbocycles. The highest BCUT2D eigenvalue weighted by atomic mass is 32.2. The molecule has 1 heterocycles. The molecule has 1 aromatic rings. The van der Waals surface area contributed by atoms with Gasteiger partial charge in [0.25, 0.3) is 0 Å². The van der Waals surface area contributed by atoms with Crippen LogP contribution in [0.15, 0.2) is 23.1 Å². The number of fused-ring (bicyclic) bond motifs is 1. The molecule has 2 nitrogen and oxygen atoms in total. The summed E-state index contributed by atoms with van der Waals surface area (Å²) in [5, 5.41) is 13.3. The lowest BCUT2D eigenvalue weighted by atomic mass is 10.1. The number of hydrogen-bond acceptors (Lipinski definition) is 3. The number of benzene rings is 1. The predicted octanol–water partition coefficient (Wildman–Crippen LogP) is 2.41. The molecular formula is C12H17NOS. The fourth-order valence-corrected chi connectivity index (χ4v) is 3.02. The second-order valence-corrected chi connectivity index (χ2v) is 4.98. The monoisotopic (exact) mass is 223 g/mol. The van der Waals surface area contributed by atoms with Gasteiger partial charge in [0.05, 0.1) is 0 Å². The Hall–Kier alpha value is -0.670. The van der Waals surface area contributed by atoms with Crippen LogP contribution in [0.5, 0.6) is 5.75 Å². The standard InChI is InChI=1S/C12H17NOS/c1-2-6-13-9-7-10-11(14)4-3-5-12(10)15-8-9/h3-5,9,13-14H,2,6-8H2,1H3. The zero-order valence-electron chi connectivity index (χ0n) is 8.99. The molecule has 0 aromatic heterocycles. The molecule has 3 heteroatoms. The van der Waals surface area contributed by atoms with Crippen molar-refractivity contribution in [3.05, 3.63) is 23.8 Å². The van der Waals surface area contributed by atoms with E-state index in [-0.39, 0.29) is 0 Å². The number of nitrogens with one attached hydrogen (secondary N) is 1. The minimum atomic E-state index is 0.447. The summed E-state index contributed by atoms with van der Waals surface area (Å²) in [6.07, 6.45) is 2.11. The van der Waals surface area contributed by atoms with Gasteiger partial charge in [-0.1, -0.05) is 13.0 Å². The molecule has 1 aliphatic heterocycles. The third-order valence-corrected chi connectivity index (χ3v) is 3.94. The van der Waals surface area contributed by atoms with E-state index in [2.05, 4.69) is 18.3 Å². The topological polar surface area (TPSA) is 32.3 Å². The Balaban J connectivity index is 2.08. The Morgan fingerprint density at radius 2 is 2.40 bits per heavy atom. The molecule has 1 aromatic carbocycles. The maximum absolute atomic E-state index is 9.76. The third-order valence-electron chi connectivity index (χ3n) is 2.68. The first-order valence-corrected chi connectivity index (χ1v) is 6.47. The van der Waals surface area contributed by atoms with Crippen molar-refractivity contribution in [2.75, 3.05) is 12.3 Å². The summed E-state index contributed by atoms with van der Waals surface area (Å²) in [5.74, 6) is 1.55. The lowest BCUT2D eigenvalue weighted by molar-refractivity contribution is 0.455. The molecule has 1 atom stereocenters. The van der Waals surface area contributed by atoms with Gasteiger partial charge < -0.3 is 10.4 Å². The van der Waals surface area contributed by atoms with E-state index in [1.54, 1.807) is 6.07 Å². The largest absolute Gasteiger partial charge is 0.508 e. The number of phenolic OH excluding ortho intramolecular Hbond substituents is 1. The highest BCUT2D eigenvalue weighted by Crippen LogP contribution is 2.35. The Labute approximate surface area is 95.1 Å². The van der Waals surface area contributed by atoms with E-state index >= 15 is 0 Å². The third kappa shape index (κ3) is 2.47. The van der Waals surface area contributed by atoms with Crippen molar-refractivity contribution in [1.29, 1.82) is 0 Å². The summed E-state index contributed by atoms with van der Waals surface area (Å²) in [4.78, 5) is 1.24. The van der Waals surface area contributed by atoms with E-state index in [0.29, 0.717) is 11.8 Å². The molecule has 0 saturated heterocycles. The van der Waals surface area contributed by atoms with Gasteiger partial charge in [0.1, 0.15) is 5.75 Å². The maximum atomic E-state index is 9.76. The summed E-state index contributed by atoms with van der Waals surface area (Å²) in [6.45, 7) is 3.24. The average Bonchev–Trinajstić information content (AvgIpc) is 2.27. The van der Waals surface area contributed by atoms with Gasteiger partial charge in [-0.2, -0.15) is 0 Å². The van der Waals surface area contributed by atoms with Crippen molar-refractivity contribution in [1.82, 2.24) is 5.32 Å². The van der Waals surface area contributed by atoms with Crippen LogP contribution in [0, 0.1) is 0 Å². The van der Waals surface area contributed by atoms with Crippen LogP contribution in [0.1, 0.15) is 18.9 Å². The van der Waals surface area contributed by atoms with Gasteiger partial charge in [-0.3, -0.25) is 0 Å². The molecule has 0 aliphatic carbocycles. The molecule has 15 heavy (non-hydrogen) atoms. The van der Waals surface area contributed by atoms with E-state index in [9.17, 15) is 5.11 Å². The van der Waals surface area contributed by atoms with Crippen LogP contribution >= 0.6 is 11.8 Å². The molecule has 0 amide bonds. The predicted molar refractivity (Wildman–Crippen MR) is 64.6 cm³/mol. The van der Waals surface area contributed by atoms with E-state index in [1.807, 2.05) is 17.8 Å². The first-order valence-electron chi connectivity index (χ1n) is 5.48. The Kier molecular flexibility index (Phi) is 3.54. The highest BCUT2D eigenvalue weighted by Gasteiger charge is 2.20. The minimum absolute atomic E-state index is 0.447. The normalized spacial score (nSPS) is 19.9. The van der Waals surface area contributed by atoms with E-state index in [0.717, 1.165) is 30.7 Å². The minimum Gasteiger partial charge on any atom is -0.508 e. The SMILES string of the molecule is CCCNC1CSc2cccc(O)c2C1. The van der Waals surface area contributed by atoms with E-state index in [1.165, 1.54) is 4.90 Å². The van der Waals surface area contributed by atoms with Crippen LogP contribution in [0.3, 0.4) is 0 Å². The van der Waals surface area contributed by atoms with Gasteiger partial charge in [0.15, 0.2) is 0 Å². The molecule has 0 fully saturated rings. The first kappa shape index (κ1) is 10.8. The number of rotatable bonds is 3. The van der Waals surface area contributed by atoms with Crippen LogP contribution in [0.2, 0.25) is 0 Å². The van der Waals surface area contributed by atoms with Gasteiger partial charge in [-0.05, 0) is 31.5 Å². The van der Waals surface area contributed by atoms with Crippen LogP contribution in [-0.2, 0) is 6.42 Å². The van der Waals surface area contributed by atoms with Gasteiger partial charge in [0.2, 0.25) is 0 Å². The fourth-order valence-electron chi connectivity index (χ4n) is 1.87. The van der Waals surface area contributed by atoms with Gasteiger partial charge >= 0.3 is 0 Å². The molecule has 0 radical (unpaired) electrons. The summed E-state index contributed by atoms with van der Waals surface area (Å²) in [7, 11) is 0. The molecule has 1 aliphatic rings. The maximum Gasteiger partial charge on any atom is 0.119 e. The van der Waals surface area contributed by atoms with Gasteiger partial charge in [-0.15, -0.1) is 11.8 Å². The van der Waals surface area contributed by atoms with Crippen molar-refractivity contribution in [2.24, 2.45) is 0 Å². The Morgan fingerprint density at radius 3 is 3.20 bits per heavy atom. The quantitative estimate of drug-likeness (QED) is 0.825. The zero-order valence-corrected chi connectivity index (χ0v) is 9.81. The number of hydrogen-bond donors (Lipinski definition) is 2. The van der Waals surface area contributed by atoms with Crippen LogP contribution < -0.4 is 5.32 Å². The Morgan fingerprint density at radius 1 is 1.53 bits per heavy atom. The fraction of sp³-hybridized carbons (Fsp3) is 0.500.